The number of benzene rings is 8. The van der Waals surface area contributed by atoms with E-state index in [1.54, 1.807) is 0 Å². The zero-order valence-corrected chi connectivity index (χ0v) is 67.1. The summed E-state index contributed by atoms with van der Waals surface area (Å²) in [5.41, 5.74) is 13.3. The molecule has 0 aliphatic carbocycles. The number of hydrogen-bond donors (Lipinski definition) is 2. The molecule has 7 nitrogen and oxygen atoms in total. The number of hydrogen-bond acceptors (Lipinski definition) is 4. The Labute approximate surface area is 617 Å². The van der Waals surface area contributed by atoms with E-state index in [2.05, 4.69) is 251 Å². The summed E-state index contributed by atoms with van der Waals surface area (Å²) >= 11 is 0. The minimum atomic E-state index is -0.445. The fraction of sp³-hybridized carbons (Fsp3) is 0.456. The topological polar surface area (TPSA) is 81.6 Å². The van der Waals surface area contributed by atoms with Gasteiger partial charge in [0.05, 0.1) is 46.7 Å². The summed E-state index contributed by atoms with van der Waals surface area (Å²) in [6.45, 7) is 55.4. The normalized spacial score (nSPS) is 13.6. The molecule has 11 rings (SSSR count). The Hall–Kier alpha value is -6.75. The van der Waals surface area contributed by atoms with Crippen molar-refractivity contribution in [3.05, 3.63) is 185 Å². The third-order valence-corrected chi connectivity index (χ3v) is 19.9. The number of rotatable bonds is 14. The Balaban J connectivity index is 0.00000174. The molecular weight excluding hydrogens is 1270 g/mol. The molecule has 2 aromatic heterocycles. The van der Waals surface area contributed by atoms with Crippen LogP contribution in [0.2, 0.25) is 0 Å². The molecule has 1 fully saturated rings. The summed E-state index contributed by atoms with van der Waals surface area (Å²) in [6.07, 6.45) is 4.72. The Morgan fingerprint density at radius 3 is 0.930 bits per heavy atom. The van der Waals surface area contributed by atoms with Crippen LogP contribution in [-0.2, 0) is 58.3 Å². The molecule has 1 aliphatic rings. The summed E-state index contributed by atoms with van der Waals surface area (Å²) in [7, 11) is 0. The van der Waals surface area contributed by atoms with Gasteiger partial charge < -0.3 is 41.0 Å². The predicted molar refractivity (Wildman–Crippen MR) is 417 cm³/mol. The van der Waals surface area contributed by atoms with Crippen LogP contribution in [0.5, 0.6) is 23.0 Å². The van der Waals surface area contributed by atoms with Crippen LogP contribution in [0.25, 0.3) is 77.2 Å². The molecule has 533 valence electrons. The first-order chi connectivity index (χ1) is 45.3. The van der Waals surface area contributed by atoms with Gasteiger partial charge in [-0.25, -0.2) is 8.78 Å². The third-order valence-electron chi connectivity index (χ3n) is 19.9. The standard InChI is InChI=1S/C85H104F2N2O4.C4H8O.CH3.Sc/c1-50-36-58(86)46-66(64-38-56(84(21,22)48-78(3,4)5)44-72(74(64)90)88-68-40-52(80(9,10)11)26-30-60(68)61-31-27-53(41-69(61)88)81(12,13)14)76(50)92-34-25-35-93-77-51(2)37-59(87)47-67(77)65-39-57(85(23,24)49-79(6,7)8)45-73(75(65)91)89-70-42-54(82(15,16)17)28-32-62(70)63-33-29-55(43-71(63)89)83(18,19)20;1-2-4-5-3-1;;/h26-33,36-47,90-91H,25,34-35,48-49H2,1-24H3;1-4H2;1H3;/q;;-1;/p+1. The molecule has 0 bridgehead atoms. The fourth-order valence-electron chi connectivity index (χ4n) is 15.3. The van der Waals surface area contributed by atoms with Crippen LogP contribution in [0.15, 0.2) is 121 Å². The van der Waals surface area contributed by atoms with Gasteiger partial charge in [0.15, 0.2) is 0 Å². The van der Waals surface area contributed by atoms with Gasteiger partial charge in [-0.1, -0.05) is 201 Å². The van der Waals surface area contributed by atoms with Crippen molar-refractivity contribution in [2.45, 2.75) is 231 Å². The van der Waals surface area contributed by atoms with E-state index >= 15 is 8.78 Å². The first-order valence-electron chi connectivity index (χ1n) is 35.8. The number of fused-ring (bicyclic) bond motifs is 6. The summed E-state index contributed by atoms with van der Waals surface area (Å²) in [5.74, 6) is 0.0528. The van der Waals surface area contributed by atoms with E-state index in [0.29, 0.717) is 62.7 Å². The SMILES string of the molecule is C1CC[OH+]C1.Cc1cc(F)cc(-c2cc(C(C)(C)CC(C)(C)C)cc(-n3c4cc(C(C)(C)C)ccc4c4ccc(C(C)(C)C)cc43)c2O)c1OCCCOc1c(C)cc(F)cc1-c1cc(C(C)(C)CC(C)(C)C)cc(-n2c3cc(C(C)(C)C)ccc3c3ccc(C(C)(C)C)cc32)c1O.[CH3-].[Sc]. The number of phenolic OH excluding ortho intramolecular Hbond substituents is 2. The number of aryl methyl sites for hydroxylation is 2. The van der Waals surface area contributed by atoms with E-state index in [4.69, 9.17) is 9.47 Å². The van der Waals surface area contributed by atoms with Gasteiger partial charge in [0.1, 0.15) is 47.8 Å². The summed E-state index contributed by atoms with van der Waals surface area (Å²) < 4.78 is 54.8. The molecule has 3 N–H and O–H groups in total. The van der Waals surface area contributed by atoms with Gasteiger partial charge in [0.25, 0.3) is 0 Å². The van der Waals surface area contributed by atoms with Gasteiger partial charge in [0, 0.05) is 88.9 Å². The molecule has 0 amide bonds. The van der Waals surface area contributed by atoms with Crippen molar-refractivity contribution in [1.82, 2.24) is 9.13 Å². The molecule has 0 atom stereocenters. The quantitative estimate of drug-likeness (QED) is 0.0646. The minimum absolute atomic E-state index is 0. The van der Waals surface area contributed by atoms with Crippen molar-refractivity contribution in [2.75, 3.05) is 26.4 Å². The number of ether oxygens (including phenoxy) is 3. The maximum atomic E-state index is 16.3. The predicted octanol–water partition coefficient (Wildman–Crippen LogP) is 24.7. The number of aromatic nitrogens is 2. The van der Waals surface area contributed by atoms with E-state index in [9.17, 15) is 10.2 Å². The minimum Gasteiger partial charge on any atom is -0.505 e. The molecule has 3 heterocycles. The maximum absolute atomic E-state index is 16.3. The second kappa shape index (κ2) is 28.8. The Kier molecular flexibility index (Phi) is 22.8. The van der Waals surface area contributed by atoms with Gasteiger partial charge in [-0.3, -0.25) is 0 Å². The van der Waals surface area contributed by atoms with E-state index in [0.717, 1.165) is 80.8 Å². The smallest absolute Gasteiger partial charge is 0.147 e. The Morgan fingerprint density at radius 1 is 0.390 bits per heavy atom. The van der Waals surface area contributed by atoms with Crippen molar-refractivity contribution < 1.29 is 59.0 Å². The van der Waals surface area contributed by atoms with E-state index in [1.807, 2.05) is 26.0 Å². The molecule has 8 aromatic carbocycles. The second-order valence-electron chi connectivity index (χ2n) is 36.3. The first-order valence-corrected chi connectivity index (χ1v) is 35.8. The fourth-order valence-corrected chi connectivity index (χ4v) is 15.3. The van der Waals surface area contributed by atoms with Crippen molar-refractivity contribution in [2.24, 2.45) is 10.8 Å². The number of aromatic hydroxyl groups is 2. The average molecular weight is 1390 g/mol. The molecule has 1 saturated heterocycles. The van der Waals surface area contributed by atoms with Gasteiger partial charge in [0.2, 0.25) is 0 Å². The van der Waals surface area contributed by atoms with Gasteiger partial charge in [-0.2, -0.15) is 0 Å². The van der Waals surface area contributed by atoms with Crippen molar-refractivity contribution in [3.63, 3.8) is 0 Å². The summed E-state index contributed by atoms with van der Waals surface area (Å²) in [4.78, 5) is 0. The zero-order valence-electron chi connectivity index (χ0n) is 65.3. The molecule has 1 radical (unpaired) electrons. The second-order valence-corrected chi connectivity index (χ2v) is 36.3. The molecular formula is C90H116F2N2O5Sc. The van der Waals surface area contributed by atoms with Gasteiger partial charge >= 0.3 is 0 Å². The number of nitrogens with zero attached hydrogens (tertiary/aromatic N) is 2. The molecule has 0 spiro atoms. The average Bonchev–Trinajstić information content (AvgIpc) is 1.52. The molecule has 0 unspecified atom stereocenters. The van der Waals surface area contributed by atoms with Crippen LogP contribution in [0.1, 0.15) is 229 Å². The van der Waals surface area contributed by atoms with E-state index < -0.39 is 11.6 Å². The first kappa shape index (κ1) is 79.0. The molecule has 100 heavy (non-hydrogen) atoms. The van der Waals surface area contributed by atoms with Crippen LogP contribution in [-0.4, -0.2) is 50.5 Å². The van der Waals surface area contributed by atoms with Crippen LogP contribution >= 0.6 is 0 Å². The van der Waals surface area contributed by atoms with Crippen molar-refractivity contribution in [1.29, 1.82) is 0 Å². The third kappa shape index (κ3) is 16.8. The summed E-state index contributed by atoms with van der Waals surface area (Å²) in [5, 5.41) is 30.8. The van der Waals surface area contributed by atoms with E-state index in [1.165, 1.54) is 59.4 Å². The van der Waals surface area contributed by atoms with Crippen molar-refractivity contribution >= 4 is 43.6 Å². The monoisotopic (exact) mass is 1390 g/mol. The van der Waals surface area contributed by atoms with Crippen LogP contribution < -0.4 is 9.47 Å². The van der Waals surface area contributed by atoms with Gasteiger partial charge in [-0.15, -0.1) is 0 Å². The van der Waals surface area contributed by atoms with Crippen LogP contribution in [0.3, 0.4) is 0 Å². The van der Waals surface area contributed by atoms with Crippen LogP contribution in [0, 0.1) is 43.7 Å². The molecule has 1 aliphatic heterocycles. The molecule has 10 aromatic rings. The maximum Gasteiger partial charge on any atom is 0.147 e. The number of halogens is 2. The molecule has 0 saturated carbocycles. The summed E-state index contributed by atoms with van der Waals surface area (Å²) in [6, 6.07) is 41.1. The van der Waals surface area contributed by atoms with E-state index in [-0.39, 0.29) is 101 Å². The van der Waals surface area contributed by atoms with Crippen molar-refractivity contribution in [3.8, 4) is 56.6 Å². The van der Waals surface area contributed by atoms with Crippen LogP contribution in [0.4, 0.5) is 8.78 Å². The largest absolute Gasteiger partial charge is 0.505 e. The van der Waals surface area contributed by atoms with Gasteiger partial charge in [-0.05, 0) is 187 Å². The Morgan fingerprint density at radius 2 is 0.680 bits per heavy atom. The Bertz CT molecular complexity index is 4210. The zero-order chi connectivity index (χ0) is 71.9. The number of aliphatic hydroxyl groups is 2. The molecule has 10 heteroatoms. The number of phenols is 2.